The number of aryl methyl sites for hydroxylation is 1. The molecular weight excluding hydrogens is 307 g/mol. The lowest BCUT2D eigenvalue weighted by atomic mass is 10.1. The summed E-state index contributed by atoms with van der Waals surface area (Å²) in [6.45, 7) is 0.842. The molecule has 23 heavy (non-hydrogen) atoms. The summed E-state index contributed by atoms with van der Waals surface area (Å²) < 4.78 is 38.5. The molecule has 1 amide bonds. The Kier molecular flexibility index (Phi) is 5.08. The number of halogens is 3. The lowest BCUT2D eigenvalue weighted by molar-refractivity contribution is -0.141. The maximum Gasteiger partial charge on any atom is 0.406 e. The van der Waals surface area contributed by atoms with Crippen molar-refractivity contribution in [2.75, 3.05) is 7.05 Å². The number of benzene rings is 1. The molecule has 1 aromatic carbocycles. The number of carbonyl (C=O) groups is 1. The van der Waals surface area contributed by atoms with Crippen molar-refractivity contribution in [3.63, 3.8) is 0 Å². The Hall–Kier alpha value is -2.31. The highest BCUT2D eigenvalue weighted by atomic mass is 19.4. The van der Waals surface area contributed by atoms with Gasteiger partial charge in [0.05, 0.1) is 13.0 Å². The molecule has 0 bridgehead atoms. The lowest BCUT2D eigenvalue weighted by Crippen LogP contribution is -2.30. The highest BCUT2D eigenvalue weighted by molar-refractivity contribution is 5.78. The van der Waals surface area contributed by atoms with E-state index < -0.39 is 12.7 Å². The van der Waals surface area contributed by atoms with Gasteiger partial charge in [0.1, 0.15) is 12.4 Å². The van der Waals surface area contributed by atoms with Gasteiger partial charge < -0.3 is 9.47 Å². The summed E-state index contributed by atoms with van der Waals surface area (Å²) in [4.78, 5) is 17.6. The fourth-order valence-electron chi connectivity index (χ4n) is 2.24. The second kappa shape index (κ2) is 6.85. The molecule has 0 saturated carbocycles. The first-order chi connectivity index (χ1) is 10.8. The van der Waals surface area contributed by atoms with Gasteiger partial charge in [0.25, 0.3) is 0 Å². The van der Waals surface area contributed by atoms with Gasteiger partial charge in [-0.05, 0) is 18.1 Å². The molecule has 2 aromatic rings. The molecule has 0 unspecified atom stereocenters. The standard InChI is InChI=1S/C16H18F3N3O/c1-12-5-3-4-6-13(12)9-15(23)21(2)10-14-20-7-8-22(14)11-16(17,18)19/h3-8H,9-11H2,1-2H3. The van der Waals surface area contributed by atoms with E-state index in [4.69, 9.17) is 0 Å². The summed E-state index contributed by atoms with van der Waals surface area (Å²) >= 11 is 0. The van der Waals surface area contributed by atoms with E-state index >= 15 is 0 Å². The molecule has 2 rings (SSSR count). The molecule has 7 heteroatoms. The van der Waals surface area contributed by atoms with Crippen LogP contribution in [0, 0.1) is 6.92 Å². The Labute approximate surface area is 132 Å². The molecule has 124 valence electrons. The van der Waals surface area contributed by atoms with Crippen LogP contribution in [0.4, 0.5) is 13.2 Å². The van der Waals surface area contributed by atoms with Crippen molar-refractivity contribution in [2.24, 2.45) is 0 Å². The van der Waals surface area contributed by atoms with Gasteiger partial charge in [-0.15, -0.1) is 0 Å². The Bertz CT molecular complexity index is 679. The summed E-state index contributed by atoms with van der Waals surface area (Å²) in [5.74, 6) is 0.0452. The second-order valence-corrected chi connectivity index (χ2v) is 5.44. The Morgan fingerprint density at radius 2 is 2.00 bits per heavy atom. The van der Waals surface area contributed by atoms with Gasteiger partial charge in [0.15, 0.2) is 0 Å². The van der Waals surface area contributed by atoms with E-state index in [0.717, 1.165) is 15.7 Å². The maximum atomic E-state index is 12.5. The van der Waals surface area contributed by atoms with E-state index in [1.807, 2.05) is 31.2 Å². The average molecular weight is 325 g/mol. The van der Waals surface area contributed by atoms with Crippen molar-refractivity contribution in [2.45, 2.75) is 32.6 Å². The number of hydrogen-bond donors (Lipinski definition) is 0. The number of rotatable bonds is 5. The van der Waals surface area contributed by atoms with E-state index in [2.05, 4.69) is 4.98 Å². The third-order valence-corrected chi connectivity index (χ3v) is 3.56. The van der Waals surface area contributed by atoms with E-state index in [1.165, 1.54) is 17.3 Å². The zero-order valence-corrected chi connectivity index (χ0v) is 13.0. The second-order valence-electron chi connectivity index (χ2n) is 5.44. The topological polar surface area (TPSA) is 38.1 Å². The van der Waals surface area contributed by atoms with Crippen molar-refractivity contribution >= 4 is 5.91 Å². The van der Waals surface area contributed by atoms with Gasteiger partial charge in [0, 0.05) is 19.4 Å². The molecule has 0 aliphatic rings. The first-order valence-corrected chi connectivity index (χ1v) is 7.11. The Morgan fingerprint density at radius 1 is 1.30 bits per heavy atom. The number of carbonyl (C=O) groups excluding carboxylic acids is 1. The van der Waals surface area contributed by atoms with Crippen molar-refractivity contribution in [1.29, 1.82) is 0 Å². The van der Waals surface area contributed by atoms with Gasteiger partial charge in [-0.2, -0.15) is 13.2 Å². The summed E-state index contributed by atoms with van der Waals surface area (Å²) in [6.07, 6.45) is -1.54. The molecule has 0 atom stereocenters. The summed E-state index contributed by atoms with van der Waals surface area (Å²) in [5.41, 5.74) is 1.91. The summed E-state index contributed by atoms with van der Waals surface area (Å²) in [5, 5.41) is 0. The first kappa shape index (κ1) is 17.1. The maximum absolute atomic E-state index is 12.5. The van der Waals surface area contributed by atoms with Crippen molar-refractivity contribution in [3.8, 4) is 0 Å². The van der Waals surface area contributed by atoms with Crippen molar-refractivity contribution in [3.05, 3.63) is 53.6 Å². The van der Waals surface area contributed by atoms with Crippen molar-refractivity contribution in [1.82, 2.24) is 14.5 Å². The van der Waals surface area contributed by atoms with Crippen LogP contribution in [-0.4, -0.2) is 33.6 Å². The third kappa shape index (κ3) is 4.84. The van der Waals surface area contributed by atoms with Crippen LogP contribution in [0.3, 0.4) is 0 Å². The minimum atomic E-state index is -4.32. The van der Waals surface area contributed by atoms with Crippen LogP contribution in [-0.2, 0) is 24.3 Å². The zero-order chi connectivity index (χ0) is 17.0. The van der Waals surface area contributed by atoms with Gasteiger partial charge in [-0.3, -0.25) is 4.79 Å². The lowest BCUT2D eigenvalue weighted by Gasteiger charge is -2.19. The molecule has 0 saturated heterocycles. The molecular formula is C16H18F3N3O. The zero-order valence-electron chi connectivity index (χ0n) is 13.0. The van der Waals surface area contributed by atoms with E-state index in [-0.39, 0.29) is 24.7 Å². The van der Waals surface area contributed by atoms with Gasteiger partial charge in [0.2, 0.25) is 5.91 Å². The molecule has 0 radical (unpaired) electrons. The minimum Gasteiger partial charge on any atom is -0.338 e. The highest BCUT2D eigenvalue weighted by Crippen LogP contribution is 2.19. The monoisotopic (exact) mass is 325 g/mol. The number of alkyl halides is 3. The molecule has 4 nitrogen and oxygen atoms in total. The van der Waals surface area contributed by atoms with E-state index in [0.29, 0.717) is 0 Å². The normalized spacial score (nSPS) is 11.5. The van der Waals surface area contributed by atoms with Gasteiger partial charge in [-0.25, -0.2) is 4.98 Å². The first-order valence-electron chi connectivity index (χ1n) is 7.11. The molecule has 0 spiro atoms. The van der Waals surface area contributed by atoms with Gasteiger partial charge in [-0.1, -0.05) is 24.3 Å². The number of amides is 1. The van der Waals surface area contributed by atoms with Gasteiger partial charge >= 0.3 is 6.18 Å². The number of imidazole rings is 1. The number of likely N-dealkylation sites (N-methyl/N-ethyl adjacent to an activating group) is 1. The quantitative estimate of drug-likeness (QED) is 0.848. The summed E-state index contributed by atoms with van der Waals surface area (Å²) in [6, 6.07) is 7.52. The predicted molar refractivity (Wildman–Crippen MR) is 79.6 cm³/mol. The van der Waals surface area contributed by atoms with Crippen LogP contribution in [0.15, 0.2) is 36.7 Å². The number of aromatic nitrogens is 2. The fourth-order valence-corrected chi connectivity index (χ4v) is 2.24. The molecule has 0 aliphatic heterocycles. The van der Waals surface area contributed by atoms with Crippen LogP contribution < -0.4 is 0 Å². The molecule has 0 aliphatic carbocycles. The smallest absolute Gasteiger partial charge is 0.338 e. The van der Waals surface area contributed by atoms with E-state index in [9.17, 15) is 18.0 Å². The SMILES string of the molecule is Cc1ccccc1CC(=O)N(C)Cc1nccn1CC(F)(F)F. The van der Waals surface area contributed by atoms with Crippen LogP contribution >= 0.6 is 0 Å². The fraction of sp³-hybridized carbons (Fsp3) is 0.375. The Balaban J connectivity index is 2.02. The molecule has 0 fully saturated rings. The number of hydrogen-bond acceptors (Lipinski definition) is 2. The van der Waals surface area contributed by atoms with Crippen LogP contribution in [0.2, 0.25) is 0 Å². The third-order valence-electron chi connectivity index (χ3n) is 3.56. The van der Waals surface area contributed by atoms with Crippen LogP contribution in [0.5, 0.6) is 0 Å². The largest absolute Gasteiger partial charge is 0.406 e. The van der Waals surface area contributed by atoms with Crippen molar-refractivity contribution < 1.29 is 18.0 Å². The molecule has 1 heterocycles. The predicted octanol–water partition coefficient (Wildman–Crippen LogP) is 2.95. The molecule has 0 N–H and O–H groups in total. The average Bonchev–Trinajstić information content (AvgIpc) is 2.86. The van der Waals surface area contributed by atoms with E-state index in [1.54, 1.807) is 7.05 Å². The van der Waals surface area contributed by atoms with Crippen LogP contribution in [0.1, 0.15) is 17.0 Å². The molecule has 1 aromatic heterocycles. The van der Waals surface area contributed by atoms with Crippen LogP contribution in [0.25, 0.3) is 0 Å². The number of nitrogens with zero attached hydrogens (tertiary/aromatic N) is 3. The summed E-state index contributed by atoms with van der Waals surface area (Å²) in [7, 11) is 1.56. The minimum absolute atomic E-state index is 0.0355. The Morgan fingerprint density at radius 3 is 2.65 bits per heavy atom. The highest BCUT2D eigenvalue weighted by Gasteiger charge is 2.29.